The number of hydrogen-bond donors (Lipinski definition) is 11. The van der Waals surface area contributed by atoms with Crippen LogP contribution in [0.15, 0.2) is 0 Å². The van der Waals surface area contributed by atoms with E-state index in [9.17, 15) is 0 Å². The molecule has 0 bridgehead atoms. The highest BCUT2D eigenvalue weighted by Gasteiger charge is 1.92. The summed E-state index contributed by atoms with van der Waals surface area (Å²) in [6.07, 6.45) is 13.6. The van der Waals surface area contributed by atoms with Crippen molar-refractivity contribution in [1.82, 2.24) is 0 Å². The Morgan fingerprint density at radius 2 is 0.556 bits per heavy atom. The van der Waals surface area contributed by atoms with Gasteiger partial charge >= 0.3 is 0 Å². The summed E-state index contributed by atoms with van der Waals surface area (Å²) < 4.78 is 5.20. The standard InChI is InChI=1S/C14H30O2.5C2H6O2/c1-2-3-4-5-6-7-8-9-10-11-13-16-14-12-15;5*3-1-2-4/h15H,2-14H2,1H3;5*3-4H,1-2H2. The van der Waals surface area contributed by atoms with Crippen molar-refractivity contribution in [1.29, 1.82) is 0 Å². The van der Waals surface area contributed by atoms with Gasteiger partial charge in [0.2, 0.25) is 0 Å². The summed E-state index contributed by atoms with van der Waals surface area (Å²) in [7, 11) is 0. The van der Waals surface area contributed by atoms with Gasteiger partial charge < -0.3 is 60.9 Å². The largest absolute Gasteiger partial charge is 0.394 e. The van der Waals surface area contributed by atoms with E-state index in [2.05, 4.69) is 6.92 Å². The van der Waals surface area contributed by atoms with Crippen molar-refractivity contribution in [2.24, 2.45) is 0 Å². The summed E-state index contributed by atoms with van der Waals surface area (Å²) in [6, 6.07) is 0. The average molecular weight is 541 g/mol. The van der Waals surface area contributed by atoms with Gasteiger partial charge in [-0.1, -0.05) is 64.7 Å². The van der Waals surface area contributed by atoms with E-state index < -0.39 is 0 Å². The molecular weight excluding hydrogens is 480 g/mol. The van der Waals surface area contributed by atoms with E-state index >= 15 is 0 Å². The number of hydrogen-bond acceptors (Lipinski definition) is 12. The fraction of sp³-hybridized carbons (Fsp3) is 1.00. The number of ether oxygens (including phenoxy) is 1. The van der Waals surface area contributed by atoms with Crippen molar-refractivity contribution < 1.29 is 60.9 Å². The van der Waals surface area contributed by atoms with Crippen molar-refractivity contribution in [2.75, 3.05) is 85.9 Å². The Bertz CT molecular complexity index is 206. The van der Waals surface area contributed by atoms with Crippen molar-refractivity contribution in [2.45, 2.75) is 71.1 Å². The van der Waals surface area contributed by atoms with Crippen molar-refractivity contribution in [3.05, 3.63) is 0 Å². The molecule has 0 fully saturated rings. The van der Waals surface area contributed by atoms with Gasteiger partial charge in [0.05, 0.1) is 79.3 Å². The smallest absolute Gasteiger partial charge is 0.0697 e. The Hall–Kier alpha value is -0.480. The highest BCUT2D eigenvalue weighted by molar-refractivity contribution is 4.47. The molecule has 0 aromatic rings. The Morgan fingerprint density at radius 3 is 0.778 bits per heavy atom. The number of rotatable bonds is 18. The van der Waals surface area contributed by atoms with Gasteiger partial charge in [0.25, 0.3) is 0 Å². The van der Waals surface area contributed by atoms with E-state index in [1.54, 1.807) is 0 Å². The van der Waals surface area contributed by atoms with E-state index in [0.29, 0.717) is 6.61 Å². The summed E-state index contributed by atoms with van der Waals surface area (Å²) >= 11 is 0. The minimum absolute atomic E-state index is 0.125. The number of aliphatic hydroxyl groups is 11. The van der Waals surface area contributed by atoms with Crippen LogP contribution in [0, 0.1) is 0 Å². The molecule has 0 aliphatic heterocycles. The molecular formula is C24H60O12. The van der Waals surface area contributed by atoms with E-state index in [1.165, 1.54) is 57.8 Å². The van der Waals surface area contributed by atoms with Crippen LogP contribution in [0.4, 0.5) is 0 Å². The SMILES string of the molecule is CCCCCCCCCCCCOCCO.OCCO.OCCO.OCCO.OCCO.OCCO. The molecule has 0 rings (SSSR count). The van der Waals surface area contributed by atoms with Gasteiger partial charge in [-0.2, -0.15) is 0 Å². The van der Waals surface area contributed by atoms with E-state index in [0.717, 1.165) is 13.0 Å². The molecule has 228 valence electrons. The third-order valence-corrected chi connectivity index (χ3v) is 3.38. The second kappa shape index (κ2) is 70.1. The monoisotopic (exact) mass is 540 g/mol. The molecule has 12 nitrogen and oxygen atoms in total. The number of aliphatic hydroxyl groups excluding tert-OH is 11. The van der Waals surface area contributed by atoms with Crippen LogP contribution in [0.5, 0.6) is 0 Å². The van der Waals surface area contributed by atoms with Gasteiger partial charge in [0.1, 0.15) is 0 Å². The number of unbranched alkanes of at least 4 members (excludes halogenated alkanes) is 9. The third kappa shape index (κ3) is 115. The van der Waals surface area contributed by atoms with Crippen molar-refractivity contribution in [3.63, 3.8) is 0 Å². The molecule has 0 aliphatic carbocycles. The van der Waals surface area contributed by atoms with Crippen molar-refractivity contribution in [3.8, 4) is 0 Å². The van der Waals surface area contributed by atoms with Crippen LogP contribution in [-0.2, 0) is 4.74 Å². The molecule has 0 saturated heterocycles. The first-order valence-electron chi connectivity index (χ1n) is 12.8. The molecule has 0 spiro atoms. The summed E-state index contributed by atoms with van der Waals surface area (Å²) in [5, 5.41) is 84.8. The average Bonchev–Trinajstić information content (AvgIpc) is 2.94. The first-order chi connectivity index (χ1) is 17.5. The van der Waals surface area contributed by atoms with Crippen LogP contribution in [0.2, 0.25) is 0 Å². The molecule has 0 aromatic heterocycles. The van der Waals surface area contributed by atoms with Gasteiger partial charge in [0, 0.05) is 6.61 Å². The van der Waals surface area contributed by atoms with Crippen LogP contribution in [0.3, 0.4) is 0 Å². The lowest BCUT2D eigenvalue weighted by Gasteiger charge is -2.03. The van der Waals surface area contributed by atoms with E-state index in [4.69, 9.17) is 60.9 Å². The van der Waals surface area contributed by atoms with Crippen LogP contribution in [0.1, 0.15) is 71.1 Å². The molecule has 0 aromatic carbocycles. The Morgan fingerprint density at radius 1 is 0.306 bits per heavy atom. The summed E-state index contributed by atoms with van der Waals surface area (Å²) in [5.74, 6) is 0. The molecule has 0 atom stereocenters. The van der Waals surface area contributed by atoms with E-state index in [1.807, 2.05) is 0 Å². The zero-order valence-corrected chi connectivity index (χ0v) is 22.6. The predicted octanol–water partition coefficient (Wildman–Crippen LogP) is -1.23. The fourth-order valence-electron chi connectivity index (χ4n) is 1.86. The first kappa shape index (κ1) is 48.6. The molecule has 0 unspecified atom stereocenters. The lowest BCUT2D eigenvalue weighted by Crippen LogP contribution is -2.00. The zero-order valence-electron chi connectivity index (χ0n) is 22.6. The van der Waals surface area contributed by atoms with E-state index in [-0.39, 0.29) is 72.7 Å². The molecule has 11 N–H and O–H groups in total. The summed E-state index contributed by atoms with van der Waals surface area (Å²) in [6.45, 7) is 2.48. The Balaban J connectivity index is -0.0000000914. The fourth-order valence-corrected chi connectivity index (χ4v) is 1.86. The van der Waals surface area contributed by atoms with Gasteiger partial charge in [-0.25, -0.2) is 0 Å². The van der Waals surface area contributed by atoms with Crippen LogP contribution in [-0.4, -0.2) is 142 Å². The van der Waals surface area contributed by atoms with Crippen LogP contribution >= 0.6 is 0 Å². The third-order valence-electron chi connectivity index (χ3n) is 3.38. The Kier molecular flexibility index (Phi) is 94.6. The van der Waals surface area contributed by atoms with Gasteiger partial charge in [0.15, 0.2) is 0 Å². The minimum atomic E-state index is -0.125. The van der Waals surface area contributed by atoms with Gasteiger partial charge in [-0.3, -0.25) is 0 Å². The minimum Gasteiger partial charge on any atom is -0.394 e. The van der Waals surface area contributed by atoms with Crippen LogP contribution < -0.4 is 0 Å². The second-order valence-corrected chi connectivity index (χ2v) is 6.75. The lowest BCUT2D eigenvalue weighted by atomic mass is 10.1. The highest BCUT2D eigenvalue weighted by atomic mass is 16.5. The molecule has 12 heteroatoms. The molecule has 36 heavy (non-hydrogen) atoms. The summed E-state index contributed by atoms with van der Waals surface area (Å²) in [5.41, 5.74) is 0. The van der Waals surface area contributed by atoms with Crippen LogP contribution in [0.25, 0.3) is 0 Å². The molecule has 0 heterocycles. The maximum Gasteiger partial charge on any atom is 0.0697 e. The lowest BCUT2D eigenvalue weighted by molar-refractivity contribution is 0.0895. The topological polar surface area (TPSA) is 232 Å². The summed E-state index contributed by atoms with van der Waals surface area (Å²) in [4.78, 5) is 0. The predicted molar refractivity (Wildman–Crippen MR) is 141 cm³/mol. The zero-order chi connectivity index (χ0) is 29.0. The Labute approximate surface area is 218 Å². The molecule has 0 amide bonds. The highest BCUT2D eigenvalue weighted by Crippen LogP contribution is 2.10. The van der Waals surface area contributed by atoms with Gasteiger partial charge in [-0.15, -0.1) is 0 Å². The van der Waals surface area contributed by atoms with Gasteiger partial charge in [-0.05, 0) is 6.42 Å². The first-order valence-corrected chi connectivity index (χ1v) is 12.8. The molecule has 0 radical (unpaired) electrons. The quantitative estimate of drug-likeness (QED) is 0.0918. The maximum atomic E-state index is 8.50. The van der Waals surface area contributed by atoms with Crippen molar-refractivity contribution >= 4 is 0 Å². The molecule has 0 saturated carbocycles. The molecule has 0 aliphatic rings. The maximum absolute atomic E-state index is 8.50. The normalized spacial score (nSPS) is 9.00. The second-order valence-electron chi connectivity index (χ2n) is 6.75.